The molecule has 0 spiro atoms. The fourth-order valence-electron chi connectivity index (χ4n) is 2.00. The maximum atomic E-state index is 12.4. The van der Waals surface area contributed by atoms with Gasteiger partial charge in [-0.05, 0) is 24.1 Å². The average Bonchev–Trinajstić information content (AvgIpc) is 2.72. The lowest BCUT2D eigenvalue weighted by molar-refractivity contribution is -0.145. The largest absolute Gasteiger partial charge is 0.480 e. The highest BCUT2D eigenvalue weighted by Gasteiger charge is 2.39. The number of carbonyl (C=O) groups excluding carboxylic acids is 1. The highest BCUT2D eigenvalue weighted by atomic mass is 32.2. The predicted octanol–water partition coefficient (Wildman–Crippen LogP) is 2.54. The number of thioether (sulfide) groups is 1. The molecule has 1 fully saturated rings. The van der Waals surface area contributed by atoms with E-state index in [2.05, 4.69) is 4.98 Å². The van der Waals surface area contributed by atoms with Crippen molar-refractivity contribution in [2.24, 2.45) is 0 Å². The summed E-state index contributed by atoms with van der Waals surface area (Å²) in [5.74, 6) is -1.38. The minimum atomic E-state index is -1.03. The first-order valence-corrected chi connectivity index (χ1v) is 7.67. The van der Waals surface area contributed by atoms with Gasteiger partial charge in [0, 0.05) is 12.4 Å². The summed E-state index contributed by atoms with van der Waals surface area (Å²) in [6.45, 7) is 1.87. The third-order valence-corrected chi connectivity index (χ3v) is 4.29. The second-order valence-corrected chi connectivity index (χ2v) is 6.16. The van der Waals surface area contributed by atoms with Crippen LogP contribution in [-0.4, -0.2) is 37.2 Å². The molecule has 1 aliphatic rings. The number of aromatic nitrogens is 1. The number of carboxylic acid groups (broad SMARTS) is 1. The normalized spacial score (nSPS) is 18.3. The number of carbonyl (C=O) groups is 2. The molecule has 1 aromatic rings. The van der Waals surface area contributed by atoms with E-state index in [0.29, 0.717) is 17.7 Å². The summed E-state index contributed by atoms with van der Waals surface area (Å²) >= 11 is 6.29. The van der Waals surface area contributed by atoms with E-state index in [1.54, 1.807) is 24.5 Å². The van der Waals surface area contributed by atoms with Crippen LogP contribution in [-0.2, 0) is 9.59 Å². The standard InChI is InChI=1S/C14H14N2O3S2/c1-2-4-10(13(18)19)16-12(17)11(21-14(16)20)7-9-5-3-6-15-8-9/h3,5-8,10H,2,4H2,1H3,(H,18,19). The smallest absolute Gasteiger partial charge is 0.326 e. The van der Waals surface area contributed by atoms with Crippen molar-refractivity contribution in [1.82, 2.24) is 9.88 Å². The second-order valence-electron chi connectivity index (χ2n) is 4.48. The Labute approximate surface area is 132 Å². The maximum Gasteiger partial charge on any atom is 0.326 e. The number of hydrogen-bond donors (Lipinski definition) is 1. The van der Waals surface area contributed by atoms with Crippen LogP contribution in [0.15, 0.2) is 29.4 Å². The summed E-state index contributed by atoms with van der Waals surface area (Å²) in [5, 5.41) is 9.28. The molecule has 1 saturated heterocycles. The van der Waals surface area contributed by atoms with Gasteiger partial charge in [-0.2, -0.15) is 0 Å². The molecule has 0 aromatic carbocycles. The molecule has 2 heterocycles. The van der Waals surface area contributed by atoms with Crippen LogP contribution < -0.4 is 0 Å². The zero-order valence-electron chi connectivity index (χ0n) is 11.4. The number of amides is 1. The van der Waals surface area contributed by atoms with Gasteiger partial charge in [0.1, 0.15) is 10.4 Å². The molecule has 0 saturated carbocycles. The van der Waals surface area contributed by atoms with Crippen molar-refractivity contribution < 1.29 is 14.7 Å². The van der Waals surface area contributed by atoms with Crippen molar-refractivity contribution >= 4 is 46.3 Å². The molecule has 1 aromatic heterocycles. The summed E-state index contributed by atoms with van der Waals surface area (Å²) < 4.78 is 0.288. The summed E-state index contributed by atoms with van der Waals surface area (Å²) in [5.41, 5.74) is 0.778. The van der Waals surface area contributed by atoms with Gasteiger partial charge in [-0.15, -0.1) is 0 Å². The lowest BCUT2D eigenvalue weighted by Gasteiger charge is -2.22. The fourth-order valence-corrected chi connectivity index (χ4v) is 3.35. The summed E-state index contributed by atoms with van der Waals surface area (Å²) in [4.78, 5) is 29.4. The Morgan fingerprint density at radius 2 is 2.38 bits per heavy atom. The van der Waals surface area contributed by atoms with Gasteiger partial charge < -0.3 is 5.11 Å². The van der Waals surface area contributed by atoms with Crippen LogP contribution in [0, 0.1) is 0 Å². The molecule has 1 atom stereocenters. The topological polar surface area (TPSA) is 70.5 Å². The van der Waals surface area contributed by atoms with Crippen LogP contribution in [0.2, 0.25) is 0 Å². The van der Waals surface area contributed by atoms with Crippen LogP contribution in [0.3, 0.4) is 0 Å². The van der Waals surface area contributed by atoms with Crippen molar-refractivity contribution in [1.29, 1.82) is 0 Å². The summed E-state index contributed by atoms with van der Waals surface area (Å²) in [7, 11) is 0. The van der Waals surface area contributed by atoms with E-state index in [1.807, 2.05) is 13.0 Å². The molecule has 7 heteroatoms. The van der Waals surface area contributed by atoms with Crippen molar-refractivity contribution in [3.8, 4) is 0 Å². The molecular weight excluding hydrogens is 308 g/mol. The van der Waals surface area contributed by atoms with Gasteiger partial charge in [-0.1, -0.05) is 43.4 Å². The molecule has 1 unspecified atom stereocenters. The Bertz CT molecular complexity index is 601. The third kappa shape index (κ3) is 3.48. The molecular formula is C14H14N2O3S2. The van der Waals surface area contributed by atoms with E-state index in [1.165, 1.54) is 4.90 Å². The van der Waals surface area contributed by atoms with Gasteiger partial charge >= 0.3 is 5.97 Å². The second kappa shape index (κ2) is 6.82. The van der Waals surface area contributed by atoms with Crippen LogP contribution >= 0.6 is 24.0 Å². The predicted molar refractivity (Wildman–Crippen MR) is 85.6 cm³/mol. The molecule has 0 bridgehead atoms. The minimum Gasteiger partial charge on any atom is -0.480 e. The molecule has 0 aliphatic carbocycles. The van der Waals surface area contributed by atoms with Crippen molar-refractivity contribution in [2.75, 3.05) is 0 Å². The van der Waals surface area contributed by atoms with Gasteiger partial charge in [0.15, 0.2) is 0 Å². The molecule has 1 aliphatic heterocycles. The number of carboxylic acids is 1. The van der Waals surface area contributed by atoms with E-state index >= 15 is 0 Å². The Morgan fingerprint density at radius 1 is 1.62 bits per heavy atom. The first-order valence-electron chi connectivity index (χ1n) is 6.44. The number of hydrogen-bond acceptors (Lipinski definition) is 5. The number of nitrogens with zero attached hydrogens (tertiary/aromatic N) is 2. The fraction of sp³-hybridized carbons (Fsp3) is 0.286. The Balaban J connectivity index is 2.28. The molecule has 1 N–H and O–H groups in total. The van der Waals surface area contributed by atoms with E-state index in [0.717, 1.165) is 17.3 Å². The monoisotopic (exact) mass is 322 g/mol. The SMILES string of the molecule is CCCC(C(=O)O)N1C(=O)C(=Cc2cccnc2)SC1=S. The van der Waals surface area contributed by atoms with E-state index < -0.39 is 12.0 Å². The van der Waals surface area contributed by atoms with Crippen LogP contribution in [0.5, 0.6) is 0 Å². The van der Waals surface area contributed by atoms with Gasteiger partial charge in [0.25, 0.3) is 5.91 Å². The van der Waals surface area contributed by atoms with E-state index in [9.17, 15) is 14.7 Å². The first-order chi connectivity index (χ1) is 10.0. The lowest BCUT2D eigenvalue weighted by Crippen LogP contribution is -2.43. The third-order valence-electron chi connectivity index (χ3n) is 2.96. The quantitative estimate of drug-likeness (QED) is 0.663. The van der Waals surface area contributed by atoms with Crippen molar-refractivity contribution in [2.45, 2.75) is 25.8 Å². The number of rotatable bonds is 5. The van der Waals surface area contributed by atoms with Crippen LogP contribution in [0.4, 0.5) is 0 Å². The summed E-state index contributed by atoms with van der Waals surface area (Å²) in [6.07, 6.45) is 5.99. The van der Waals surface area contributed by atoms with E-state index in [4.69, 9.17) is 12.2 Å². The van der Waals surface area contributed by atoms with Crippen LogP contribution in [0.1, 0.15) is 25.3 Å². The molecule has 0 radical (unpaired) electrons. The first kappa shape index (κ1) is 15.7. The highest BCUT2D eigenvalue weighted by molar-refractivity contribution is 8.26. The molecule has 21 heavy (non-hydrogen) atoms. The van der Waals surface area contributed by atoms with E-state index in [-0.39, 0.29) is 10.2 Å². The Hall–Kier alpha value is -1.73. The highest BCUT2D eigenvalue weighted by Crippen LogP contribution is 2.34. The van der Waals surface area contributed by atoms with Gasteiger partial charge in [-0.25, -0.2) is 4.79 Å². The number of aliphatic carboxylic acids is 1. The summed E-state index contributed by atoms with van der Waals surface area (Å²) in [6, 6.07) is 2.69. The van der Waals surface area contributed by atoms with Gasteiger partial charge in [-0.3, -0.25) is 14.7 Å². The minimum absolute atomic E-state index is 0.288. The Kier molecular flexibility index (Phi) is 5.08. The molecule has 110 valence electrons. The van der Waals surface area contributed by atoms with Crippen LogP contribution in [0.25, 0.3) is 6.08 Å². The molecule has 2 rings (SSSR count). The number of pyridine rings is 1. The maximum absolute atomic E-state index is 12.4. The van der Waals surface area contributed by atoms with Gasteiger partial charge in [0.05, 0.1) is 4.91 Å². The number of thiocarbonyl (C=S) groups is 1. The zero-order valence-corrected chi connectivity index (χ0v) is 13.0. The molecule has 1 amide bonds. The average molecular weight is 322 g/mol. The van der Waals surface area contributed by atoms with Crippen molar-refractivity contribution in [3.63, 3.8) is 0 Å². The Morgan fingerprint density at radius 3 is 2.95 bits per heavy atom. The van der Waals surface area contributed by atoms with Crippen molar-refractivity contribution in [3.05, 3.63) is 35.0 Å². The lowest BCUT2D eigenvalue weighted by atomic mass is 10.1. The van der Waals surface area contributed by atoms with Gasteiger partial charge in [0.2, 0.25) is 0 Å². The molecule has 5 nitrogen and oxygen atoms in total. The zero-order chi connectivity index (χ0) is 15.4.